The highest BCUT2D eigenvalue weighted by atomic mass is 79.9. The summed E-state index contributed by atoms with van der Waals surface area (Å²) in [6.07, 6.45) is 1.82. The van der Waals surface area contributed by atoms with E-state index in [1.54, 1.807) is 11.3 Å². The van der Waals surface area contributed by atoms with E-state index in [1.807, 2.05) is 24.7 Å². The van der Waals surface area contributed by atoms with E-state index in [9.17, 15) is 0 Å². The van der Waals surface area contributed by atoms with Crippen LogP contribution in [0.15, 0.2) is 28.2 Å². The number of benzene rings is 1. The maximum atomic E-state index is 5.66. The first-order valence-corrected chi connectivity index (χ1v) is 7.62. The number of nitrogens with one attached hydrogen (secondary N) is 1. The number of ether oxygens (including phenoxy) is 2. The summed E-state index contributed by atoms with van der Waals surface area (Å²) >= 11 is 5.18. The predicted octanol–water partition coefficient (Wildman–Crippen LogP) is 2.99. The van der Waals surface area contributed by atoms with E-state index in [0.29, 0.717) is 13.2 Å². The van der Waals surface area contributed by atoms with Gasteiger partial charge in [0, 0.05) is 11.6 Å². The topological polar surface area (TPSA) is 43.4 Å². The lowest BCUT2D eigenvalue weighted by Crippen LogP contribution is -2.19. The Balaban J connectivity index is 2.02. The first kappa shape index (κ1) is 12.9. The van der Waals surface area contributed by atoms with Crippen LogP contribution in [0.1, 0.15) is 16.6 Å². The zero-order chi connectivity index (χ0) is 13.2. The number of halogens is 1. The third-order valence-electron chi connectivity index (χ3n) is 2.94. The van der Waals surface area contributed by atoms with Crippen LogP contribution in [0.25, 0.3) is 0 Å². The SMILES string of the molecule is CNC(c1cc(Br)c2c(c1)OCCO2)c1nccs1. The van der Waals surface area contributed by atoms with E-state index in [0.717, 1.165) is 26.5 Å². The number of fused-ring (bicyclic) bond motifs is 1. The van der Waals surface area contributed by atoms with Crippen molar-refractivity contribution < 1.29 is 9.47 Å². The number of rotatable bonds is 3. The fraction of sp³-hybridized carbons (Fsp3) is 0.308. The minimum Gasteiger partial charge on any atom is -0.486 e. The molecule has 1 atom stereocenters. The van der Waals surface area contributed by atoms with Crippen LogP contribution in [-0.4, -0.2) is 25.2 Å². The van der Waals surface area contributed by atoms with Crippen LogP contribution in [0, 0.1) is 0 Å². The molecule has 4 nitrogen and oxygen atoms in total. The number of hydrogen-bond donors (Lipinski definition) is 1. The molecule has 0 bridgehead atoms. The van der Waals surface area contributed by atoms with Crippen molar-refractivity contribution in [1.82, 2.24) is 10.3 Å². The molecule has 2 heterocycles. The van der Waals surface area contributed by atoms with E-state index in [4.69, 9.17) is 9.47 Å². The first-order chi connectivity index (χ1) is 9.29. The second-order valence-corrected chi connectivity index (χ2v) is 5.90. The van der Waals surface area contributed by atoms with Crippen LogP contribution < -0.4 is 14.8 Å². The molecular formula is C13H13BrN2O2S. The van der Waals surface area contributed by atoms with Gasteiger partial charge in [-0.2, -0.15) is 0 Å². The predicted molar refractivity (Wildman–Crippen MR) is 78.1 cm³/mol. The molecule has 19 heavy (non-hydrogen) atoms. The molecule has 1 aliphatic rings. The van der Waals surface area contributed by atoms with Gasteiger partial charge in [0.05, 0.1) is 10.5 Å². The Morgan fingerprint density at radius 1 is 1.37 bits per heavy atom. The molecule has 0 fully saturated rings. The highest BCUT2D eigenvalue weighted by Gasteiger charge is 2.21. The van der Waals surface area contributed by atoms with Gasteiger partial charge in [-0.25, -0.2) is 4.98 Å². The largest absolute Gasteiger partial charge is 0.486 e. The van der Waals surface area contributed by atoms with Crippen molar-refractivity contribution in [3.63, 3.8) is 0 Å². The van der Waals surface area contributed by atoms with Gasteiger partial charge in [-0.3, -0.25) is 0 Å². The van der Waals surface area contributed by atoms with Crippen LogP contribution >= 0.6 is 27.3 Å². The summed E-state index contributed by atoms with van der Waals surface area (Å²) in [4.78, 5) is 4.37. The first-order valence-electron chi connectivity index (χ1n) is 5.95. The van der Waals surface area contributed by atoms with Gasteiger partial charge < -0.3 is 14.8 Å². The zero-order valence-corrected chi connectivity index (χ0v) is 12.8. The summed E-state index contributed by atoms with van der Waals surface area (Å²) < 4.78 is 12.2. The molecule has 3 rings (SSSR count). The van der Waals surface area contributed by atoms with Crippen molar-refractivity contribution in [2.24, 2.45) is 0 Å². The monoisotopic (exact) mass is 340 g/mol. The smallest absolute Gasteiger partial charge is 0.175 e. The van der Waals surface area contributed by atoms with E-state index in [1.165, 1.54) is 0 Å². The number of thiazole rings is 1. The van der Waals surface area contributed by atoms with Gasteiger partial charge >= 0.3 is 0 Å². The summed E-state index contributed by atoms with van der Waals surface area (Å²) in [6.45, 7) is 1.18. The van der Waals surface area contributed by atoms with Gasteiger partial charge in [0.15, 0.2) is 11.5 Å². The normalized spacial score (nSPS) is 15.3. The Morgan fingerprint density at radius 2 is 2.21 bits per heavy atom. The Hall–Kier alpha value is -1.11. The Labute approximate surface area is 123 Å². The summed E-state index contributed by atoms with van der Waals surface area (Å²) in [6, 6.07) is 4.13. The molecule has 0 amide bonds. The van der Waals surface area contributed by atoms with Crippen molar-refractivity contribution in [2.45, 2.75) is 6.04 Å². The Bertz CT molecular complexity index is 574. The molecule has 2 aromatic rings. The van der Waals surface area contributed by atoms with Gasteiger partial charge in [-0.15, -0.1) is 11.3 Å². The molecule has 0 spiro atoms. The lowest BCUT2D eigenvalue weighted by atomic mass is 10.1. The van der Waals surface area contributed by atoms with Crippen molar-refractivity contribution in [3.8, 4) is 11.5 Å². The third-order valence-corrected chi connectivity index (χ3v) is 4.37. The van der Waals surface area contributed by atoms with Gasteiger partial charge in [-0.1, -0.05) is 0 Å². The molecule has 0 saturated carbocycles. The molecular weight excluding hydrogens is 328 g/mol. The average Bonchev–Trinajstić information content (AvgIpc) is 2.94. The fourth-order valence-corrected chi connectivity index (χ4v) is 3.45. The summed E-state index contributed by atoms with van der Waals surface area (Å²) in [5.41, 5.74) is 1.11. The van der Waals surface area contributed by atoms with Crippen molar-refractivity contribution in [2.75, 3.05) is 20.3 Å². The third kappa shape index (κ3) is 2.48. The summed E-state index contributed by atoms with van der Waals surface area (Å²) in [7, 11) is 1.93. The van der Waals surface area contributed by atoms with Crippen LogP contribution in [0.5, 0.6) is 11.5 Å². The molecule has 1 aliphatic heterocycles. The lowest BCUT2D eigenvalue weighted by Gasteiger charge is -2.22. The Kier molecular flexibility index (Phi) is 3.72. The van der Waals surface area contributed by atoms with Gasteiger partial charge in [0.25, 0.3) is 0 Å². The molecule has 0 radical (unpaired) electrons. The second-order valence-electron chi connectivity index (χ2n) is 4.12. The highest BCUT2D eigenvalue weighted by molar-refractivity contribution is 9.10. The summed E-state index contributed by atoms with van der Waals surface area (Å²) in [5.74, 6) is 1.57. The van der Waals surface area contributed by atoms with Crippen molar-refractivity contribution in [3.05, 3.63) is 38.8 Å². The zero-order valence-electron chi connectivity index (χ0n) is 10.4. The standard InChI is InChI=1S/C13H13BrN2O2S/c1-15-11(13-16-2-5-19-13)8-6-9(14)12-10(7-8)17-3-4-18-12/h2,5-7,11,15H,3-4H2,1H3. The Morgan fingerprint density at radius 3 is 2.95 bits per heavy atom. The van der Waals surface area contributed by atoms with E-state index >= 15 is 0 Å². The maximum Gasteiger partial charge on any atom is 0.175 e. The van der Waals surface area contributed by atoms with E-state index in [-0.39, 0.29) is 6.04 Å². The van der Waals surface area contributed by atoms with Crippen LogP contribution in [0.3, 0.4) is 0 Å². The number of aromatic nitrogens is 1. The van der Waals surface area contributed by atoms with Crippen molar-refractivity contribution in [1.29, 1.82) is 0 Å². The molecule has 6 heteroatoms. The van der Waals surface area contributed by atoms with Gasteiger partial charge in [0.2, 0.25) is 0 Å². The molecule has 1 aromatic heterocycles. The fourth-order valence-electron chi connectivity index (χ4n) is 2.11. The molecule has 1 N–H and O–H groups in total. The van der Waals surface area contributed by atoms with Crippen molar-refractivity contribution >= 4 is 27.3 Å². The highest BCUT2D eigenvalue weighted by Crippen LogP contribution is 2.40. The van der Waals surface area contributed by atoms with Gasteiger partial charge in [-0.05, 0) is 40.7 Å². The maximum absolute atomic E-state index is 5.66. The molecule has 1 aromatic carbocycles. The van der Waals surface area contributed by atoms with Crippen LogP contribution in [-0.2, 0) is 0 Å². The minimum absolute atomic E-state index is 0.0622. The molecule has 0 aliphatic carbocycles. The average molecular weight is 341 g/mol. The van der Waals surface area contributed by atoms with Crippen LogP contribution in [0.2, 0.25) is 0 Å². The number of nitrogens with zero attached hydrogens (tertiary/aromatic N) is 1. The van der Waals surface area contributed by atoms with E-state index < -0.39 is 0 Å². The molecule has 0 saturated heterocycles. The summed E-state index contributed by atoms with van der Waals surface area (Å²) in [5, 5.41) is 6.30. The molecule has 1 unspecified atom stereocenters. The quantitative estimate of drug-likeness (QED) is 0.932. The molecule has 100 valence electrons. The second kappa shape index (κ2) is 5.48. The number of hydrogen-bond acceptors (Lipinski definition) is 5. The lowest BCUT2D eigenvalue weighted by molar-refractivity contribution is 0.170. The van der Waals surface area contributed by atoms with Crippen LogP contribution in [0.4, 0.5) is 0 Å². The van der Waals surface area contributed by atoms with Gasteiger partial charge in [0.1, 0.15) is 18.2 Å². The minimum atomic E-state index is 0.0622. The van der Waals surface area contributed by atoms with E-state index in [2.05, 4.69) is 32.3 Å².